The molecule has 4 heterocycles. The Morgan fingerprint density at radius 1 is 0.573 bits per heavy atom. The van der Waals surface area contributed by atoms with Crippen molar-refractivity contribution < 1.29 is 68.1 Å². The number of Topliss-reactive ketones (excluding diaryl/α,β-unsaturated/α-hetero) is 3. The van der Waals surface area contributed by atoms with Gasteiger partial charge in [-0.3, -0.25) is 28.8 Å². The van der Waals surface area contributed by atoms with Gasteiger partial charge in [-0.2, -0.15) is 0 Å². The summed E-state index contributed by atoms with van der Waals surface area (Å²) >= 11 is 11.1. The molecule has 4 aromatic rings. The Bertz CT molecular complexity index is 2290. The van der Waals surface area contributed by atoms with Crippen molar-refractivity contribution in [2.45, 2.75) is 154 Å². The van der Waals surface area contributed by atoms with E-state index in [0.29, 0.717) is 55.4 Å². The molecule has 0 aliphatic heterocycles. The van der Waals surface area contributed by atoms with E-state index in [1.54, 1.807) is 12.4 Å². The second-order valence-electron chi connectivity index (χ2n) is 17.8. The van der Waals surface area contributed by atoms with Crippen LogP contribution in [0.15, 0.2) is 64.4 Å². The zero-order chi connectivity index (χ0) is 62.0. The number of aliphatic hydroxyl groups excluding tert-OH is 1. The van der Waals surface area contributed by atoms with Gasteiger partial charge in [0.05, 0.1) is 48.6 Å². The van der Waals surface area contributed by atoms with Gasteiger partial charge in [-0.15, -0.1) is 0 Å². The van der Waals surface area contributed by atoms with Crippen LogP contribution < -0.4 is 9.47 Å². The van der Waals surface area contributed by atoms with E-state index < -0.39 is 44.1 Å². The van der Waals surface area contributed by atoms with Crippen molar-refractivity contribution in [2.75, 3.05) is 40.6 Å². The van der Waals surface area contributed by atoms with Crippen LogP contribution in [0.1, 0.15) is 157 Å². The number of hydrogen-bond donors (Lipinski definition) is 2. The molecule has 82 heavy (non-hydrogen) atoms. The molecule has 0 spiro atoms. The predicted molar refractivity (Wildman–Crippen MR) is 326 cm³/mol. The van der Waals surface area contributed by atoms with Crippen molar-refractivity contribution >= 4 is 113 Å². The van der Waals surface area contributed by atoms with Crippen molar-refractivity contribution in [3.05, 3.63) is 91.7 Å². The first-order valence-corrected chi connectivity index (χ1v) is 44.1. The number of aromatic nitrogens is 8. The quantitative estimate of drug-likeness (QED) is 0.0133. The number of ketones is 3. The molecule has 4 aromatic heterocycles. The number of rotatable bonds is 28. The van der Waals surface area contributed by atoms with E-state index in [4.69, 9.17) is 47.6 Å². The summed E-state index contributed by atoms with van der Waals surface area (Å²) in [5, 5.41) is 17.0. The van der Waals surface area contributed by atoms with Gasteiger partial charge in [-0.25, -0.2) is 39.9 Å². The minimum absolute atomic E-state index is 0. The van der Waals surface area contributed by atoms with Crippen LogP contribution in [0.2, 0.25) is 38.7 Å². The monoisotopic (exact) mass is 1470 g/mol. The second-order valence-corrected chi connectivity index (χ2v) is 41.1. The third-order valence-corrected chi connectivity index (χ3v) is 25.9. The fourth-order valence-corrected chi connectivity index (χ4v) is 20.8. The Balaban J connectivity index is -0.000000448. The Kier molecular flexibility index (Phi) is 55.7. The number of methoxy groups -OCH3 is 2. The van der Waals surface area contributed by atoms with Crippen LogP contribution in [-0.2, 0) is 28.6 Å². The molecule has 4 N–H and O–H groups in total. The van der Waals surface area contributed by atoms with Crippen molar-refractivity contribution in [1.82, 2.24) is 39.9 Å². The molecule has 0 fully saturated rings. The van der Waals surface area contributed by atoms with Crippen LogP contribution in [0.3, 0.4) is 0 Å². The van der Waals surface area contributed by atoms with Gasteiger partial charge in [0.15, 0.2) is 17.3 Å². The summed E-state index contributed by atoms with van der Waals surface area (Å²) in [6, 6.07) is 0.343. The van der Waals surface area contributed by atoms with Crippen LogP contribution >= 0.6 is 39.1 Å². The number of aliphatic carboxylic acids is 1. The Hall–Kier alpha value is -4.54. The van der Waals surface area contributed by atoms with Gasteiger partial charge >= 0.3 is 184 Å². The molecule has 0 aliphatic carbocycles. The SMILES string of the molecule is C=[C](OCC)[Sn]([CH2]CCC)([CH2]CCC)[CH2]CCC.CC(=O)c1cnc(Cl)nc1.CC(=O)c1cnc(OCCCC(=O)O)nc1.COC(=O)CCCO.COC(=O)CCCOc1ncc(C(C)=O)cn1.Clc1ncc(Br)cn1.O.[CH3][Sn]([CH3])[CH3]. The Morgan fingerprint density at radius 3 is 1.17 bits per heavy atom. The standard InChI is InChI=1S/C11H14N2O4.C10H12N2O4.C6H5ClN2O.C5H10O3.C4H2BrClN2.C4H7O.3C4H9.3CH3.H2O.2Sn/c1-8(14)9-6-12-11(13-7-9)17-5-3-4-10(15)16-2;1-7(13)8-5-11-10(12-6-8)16-4-2-3-9(14)15;1-4(10)5-2-8-6(7)9-3-5;1-8-5(7)3-2-4-6;5-3-1-7-4(6)8-2-3;1-3-5-4-2;3*1-3-4-2;;;;;;/h6-7H,3-5H2,1-2H3;5-6H,2-4H2,1H3,(H,14,15);2-3H,1H3;6H,2-4H2,1H3;1-2H;1,4H2,2H3;3*1,3-4H2,2H3;3*1H3;1H2;;. The van der Waals surface area contributed by atoms with Crippen LogP contribution in [0, 0.1) is 0 Å². The van der Waals surface area contributed by atoms with Gasteiger partial charge in [0.2, 0.25) is 10.6 Å². The number of carboxylic acids is 1. The molecule has 27 heteroatoms. The molecule has 22 nitrogen and oxygen atoms in total. The molecule has 0 atom stereocenters. The van der Waals surface area contributed by atoms with E-state index in [1.165, 1.54) is 128 Å². The maximum absolute atomic E-state index is 11.0. The minimum atomic E-state index is -2.24. The molecule has 461 valence electrons. The first kappa shape index (κ1) is 83.9. The molecular weight excluding hydrogens is 1380 g/mol. The number of carbonyl (C=O) groups is 6. The zero-order valence-electron chi connectivity index (χ0n) is 49.9. The number of unbranched alkanes of at least 4 members (excludes halogenated alkanes) is 3. The Morgan fingerprint density at radius 2 is 0.890 bits per heavy atom. The summed E-state index contributed by atoms with van der Waals surface area (Å²) in [6.45, 7) is 19.1. The van der Waals surface area contributed by atoms with Crippen molar-refractivity contribution in [2.24, 2.45) is 0 Å². The third kappa shape index (κ3) is 47.9. The van der Waals surface area contributed by atoms with Crippen molar-refractivity contribution in [1.29, 1.82) is 0 Å². The fourth-order valence-electron chi connectivity index (χ4n) is 5.80. The summed E-state index contributed by atoms with van der Waals surface area (Å²) in [4.78, 5) is 101. The first-order valence-electron chi connectivity index (χ1n) is 26.5. The summed E-state index contributed by atoms with van der Waals surface area (Å²) in [7, 11) is 2.67. The normalized spacial score (nSPS) is 9.82. The number of nitrogens with zero attached hydrogens (tertiary/aromatic N) is 8. The molecule has 0 amide bonds. The number of esters is 2. The second kappa shape index (κ2) is 54.4. The summed E-state index contributed by atoms with van der Waals surface area (Å²) in [6.07, 6.45) is 21.7. The molecule has 0 saturated carbocycles. The van der Waals surface area contributed by atoms with Gasteiger partial charge < -0.3 is 34.6 Å². The van der Waals surface area contributed by atoms with Crippen LogP contribution in [-0.4, -0.2) is 170 Å². The van der Waals surface area contributed by atoms with E-state index in [0.717, 1.165) is 11.1 Å². The fraction of sp³-hybridized carbons (Fsp3) is 0.564. The van der Waals surface area contributed by atoms with E-state index >= 15 is 0 Å². The molecular formula is C55H88BrCl2N8O14Sn2. The summed E-state index contributed by atoms with van der Waals surface area (Å²) < 4.78 is 31.5. The molecule has 0 bridgehead atoms. The topological polar surface area (TPSA) is 324 Å². The summed E-state index contributed by atoms with van der Waals surface area (Å²) in [5.74, 6) is -1.67. The van der Waals surface area contributed by atoms with Crippen molar-refractivity contribution in [3.8, 4) is 12.0 Å². The average molecular weight is 1470 g/mol. The van der Waals surface area contributed by atoms with Crippen molar-refractivity contribution in [3.63, 3.8) is 0 Å². The molecule has 1 radical (unpaired) electrons. The molecule has 0 aromatic carbocycles. The number of aliphatic hydroxyl groups is 1. The van der Waals surface area contributed by atoms with E-state index in [9.17, 15) is 28.8 Å². The van der Waals surface area contributed by atoms with Gasteiger partial charge in [-0.1, -0.05) is 0 Å². The third-order valence-electron chi connectivity index (χ3n) is 10.1. The predicted octanol–water partition coefficient (Wildman–Crippen LogP) is 11.6. The van der Waals surface area contributed by atoms with Gasteiger partial charge in [0.25, 0.3) is 0 Å². The van der Waals surface area contributed by atoms with E-state index in [2.05, 4.69) is 114 Å². The number of ether oxygens (including phenoxy) is 5. The van der Waals surface area contributed by atoms with Gasteiger partial charge in [0.1, 0.15) is 0 Å². The molecule has 0 saturated heterocycles. The summed E-state index contributed by atoms with van der Waals surface area (Å²) in [5.41, 5.74) is 1.33. The average Bonchev–Trinajstić information content (AvgIpc) is 3.56. The number of hydrogen-bond acceptors (Lipinski definition) is 20. The van der Waals surface area contributed by atoms with Crippen LogP contribution in [0.4, 0.5) is 0 Å². The number of carboxylic acid groups (broad SMARTS) is 1. The number of carbonyl (C=O) groups excluding carboxylic acids is 5. The number of halogens is 3. The van der Waals surface area contributed by atoms with Gasteiger partial charge in [-0.05, 0) is 79.2 Å². The first-order chi connectivity index (χ1) is 38.4. The molecule has 0 aliphatic rings. The van der Waals surface area contributed by atoms with Gasteiger partial charge in [0, 0.05) is 75.4 Å². The van der Waals surface area contributed by atoms with E-state index in [-0.39, 0.29) is 77.0 Å². The molecule has 0 unspecified atom stereocenters. The van der Waals surface area contributed by atoms with E-state index in [1.807, 2.05) is 0 Å². The molecule has 4 rings (SSSR count). The van der Waals surface area contributed by atoms with Crippen LogP contribution in [0.25, 0.3) is 0 Å². The maximum atomic E-state index is 11.0. The Labute approximate surface area is 514 Å². The van der Waals surface area contributed by atoms with Crippen LogP contribution in [0.5, 0.6) is 12.0 Å². The zero-order valence-corrected chi connectivity index (χ0v) is 58.7.